The summed E-state index contributed by atoms with van der Waals surface area (Å²) in [6.45, 7) is 0. The maximum absolute atomic E-state index is 2.50. The quantitative estimate of drug-likeness (QED) is 0.147. The van der Waals surface area contributed by atoms with Crippen LogP contribution in [0.15, 0.2) is 267 Å². The topological polar surface area (TPSA) is 9.86 Å². The predicted molar refractivity (Wildman–Crippen MR) is 307 cm³/mol. The van der Waals surface area contributed by atoms with Crippen molar-refractivity contribution >= 4 is 86.7 Å². The molecule has 0 saturated heterocycles. The minimum atomic E-state index is 1.16. The third-order valence-corrected chi connectivity index (χ3v) is 15.3. The highest BCUT2D eigenvalue weighted by Crippen LogP contribution is 2.49. The summed E-state index contributed by atoms with van der Waals surface area (Å²) >= 11 is 0. The van der Waals surface area contributed by atoms with Gasteiger partial charge in [0, 0.05) is 32.9 Å². The summed E-state index contributed by atoms with van der Waals surface area (Å²) in [6.07, 6.45) is 0. The molecule has 0 radical (unpaired) electrons. The summed E-state index contributed by atoms with van der Waals surface area (Å²) in [5.41, 5.74) is 16.9. The van der Waals surface area contributed by atoms with Crippen LogP contribution in [0.5, 0.6) is 0 Å². The number of rotatable bonds is 6. The predicted octanol–water partition coefficient (Wildman–Crippen LogP) is 19.2. The molecule has 0 atom stereocenters. The molecule has 0 fully saturated rings. The van der Waals surface area contributed by atoms with Gasteiger partial charge >= 0.3 is 0 Å². The molecule has 13 aromatic carbocycles. The van der Waals surface area contributed by atoms with E-state index in [1.54, 1.807) is 0 Å². The lowest BCUT2D eigenvalue weighted by atomic mass is 9.83. The van der Waals surface area contributed by atoms with Gasteiger partial charge < -0.3 is 9.13 Å². The van der Waals surface area contributed by atoms with Gasteiger partial charge in [-0.3, -0.25) is 0 Å². The van der Waals surface area contributed by atoms with E-state index in [0.717, 1.165) is 11.4 Å². The van der Waals surface area contributed by atoms with Crippen molar-refractivity contribution in [3.63, 3.8) is 0 Å². The number of aromatic nitrogens is 2. The number of nitrogens with zero attached hydrogens (tertiary/aromatic N) is 2. The zero-order valence-corrected chi connectivity index (χ0v) is 39.3. The number of hydrogen-bond acceptors (Lipinski definition) is 0. The summed E-state index contributed by atoms with van der Waals surface area (Å²) in [6, 6.07) is 98.7. The van der Waals surface area contributed by atoms with Gasteiger partial charge in [-0.25, -0.2) is 0 Å². The Morgan fingerprint density at radius 2 is 0.556 bits per heavy atom. The van der Waals surface area contributed by atoms with Crippen LogP contribution in [0.3, 0.4) is 0 Å². The van der Waals surface area contributed by atoms with Gasteiger partial charge in [-0.15, -0.1) is 0 Å². The Kier molecular flexibility index (Phi) is 8.99. The van der Waals surface area contributed by atoms with E-state index in [0.29, 0.717) is 0 Å². The van der Waals surface area contributed by atoms with Crippen LogP contribution in [0.4, 0.5) is 0 Å². The van der Waals surface area contributed by atoms with Crippen molar-refractivity contribution in [1.82, 2.24) is 9.13 Å². The SMILES string of the molecule is c1ccc(-c2ccccc2-c2c3cccc(-c4cccc5c4ccc4c5c5ccccc5n4-c4ccccc4)c3cc3c(-c4cccc5c4ccc4c5c5ccccc5n4-c4ccccc4)cccc23)cc1. The first kappa shape index (κ1) is 40.4. The van der Waals surface area contributed by atoms with E-state index in [-0.39, 0.29) is 0 Å². The summed E-state index contributed by atoms with van der Waals surface area (Å²) < 4.78 is 4.83. The number of para-hydroxylation sites is 4. The normalized spacial score (nSPS) is 11.9. The van der Waals surface area contributed by atoms with Gasteiger partial charge in [0.2, 0.25) is 0 Å². The van der Waals surface area contributed by atoms with Crippen molar-refractivity contribution < 1.29 is 0 Å². The number of benzene rings is 13. The Hall–Kier alpha value is -9.50. The lowest BCUT2D eigenvalue weighted by molar-refractivity contribution is 1.18. The molecule has 0 unspecified atom stereocenters. The van der Waals surface area contributed by atoms with Crippen LogP contribution in [0, 0.1) is 0 Å². The molecule has 2 heteroatoms. The highest BCUT2D eigenvalue weighted by atomic mass is 15.0. The zero-order chi connectivity index (χ0) is 47.3. The van der Waals surface area contributed by atoms with Gasteiger partial charge in [0.1, 0.15) is 0 Å². The maximum atomic E-state index is 2.50. The second kappa shape index (κ2) is 16.0. The highest BCUT2D eigenvalue weighted by molar-refractivity contribution is 6.27. The minimum Gasteiger partial charge on any atom is -0.309 e. The first-order valence-corrected chi connectivity index (χ1v) is 24.9. The molecule has 72 heavy (non-hydrogen) atoms. The molecular formula is C70H44N2. The van der Waals surface area contributed by atoms with Gasteiger partial charge in [0.25, 0.3) is 0 Å². The van der Waals surface area contributed by atoms with Crippen molar-refractivity contribution in [1.29, 1.82) is 0 Å². The summed E-state index contributed by atoms with van der Waals surface area (Å²) in [5.74, 6) is 0. The largest absolute Gasteiger partial charge is 0.309 e. The average molecular weight is 913 g/mol. The Balaban J connectivity index is 1.03. The molecule has 0 aliphatic rings. The van der Waals surface area contributed by atoms with E-state index >= 15 is 0 Å². The molecule has 0 bridgehead atoms. The highest BCUT2D eigenvalue weighted by Gasteiger charge is 2.22. The second-order valence-electron chi connectivity index (χ2n) is 19.1. The smallest absolute Gasteiger partial charge is 0.0547 e. The maximum Gasteiger partial charge on any atom is 0.0547 e. The molecule has 2 nitrogen and oxygen atoms in total. The number of hydrogen-bond donors (Lipinski definition) is 0. The Bertz CT molecular complexity index is 4400. The van der Waals surface area contributed by atoms with Crippen LogP contribution in [-0.4, -0.2) is 9.13 Å². The fraction of sp³-hybridized carbons (Fsp3) is 0. The van der Waals surface area contributed by atoms with Crippen molar-refractivity contribution in [2.24, 2.45) is 0 Å². The molecule has 15 aromatic rings. The summed E-state index contributed by atoms with van der Waals surface area (Å²) in [4.78, 5) is 0. The molecule has 0 aliphatic heterocycles. The molecule has 0 saturated carbocycles. The van der Waals surface area contributed by atoms with Crippen LogP contribution in [0.1, 0.15) is 0 Å². The van der Waals surface area contributed by atoms with Crippen molar-refractivity contribution in [2.45, 2.75) is 0 Å². The molecule has 2 heterocycles. The van der Waals surface area contributed by atoms with Gasteiger partial charge in [-0.05, 0) is 142 Å². The van der Waals surface area contributed by atoms with Crippen molar-refractivity contribution in [3.05, 3.63) is 267 Å². The average Bonchev–Trinajstić information content (AvgIpc) is 3.98. The molecule has 15 rings (SSSR count). The molecule has 0 N–H and O–H groups in total. The molecule has 0 spiro atoms. The van der Waals surface area contributed by atoms with Gasteiger partial charge in [0.05, 0.1) is 22.1 Å². The fourth-order valence-electron chi connectivity index (χ4n) is 12.3. The molecule has 0 aliphatic carbocycles. The van der Waals surface area contributed by atoms with Crippen molar-refractivity contribution in [2.75, 3.05) is 0 Å². The third kappa shape index (κ3) is 5.96. The first-order chi connectivity index (χ1) is 35.8. The van der Waals surface area contributed by atoms with Gasteiger partial charge in [0.15, 0.2) is 0 Å². The van der Waals surface area contributed by atoms with Crippen LogP contribution in [-0.2, 0) is 0 Å². The van der Waals surface area contributed by atoms with Crippen LogP contribution in [0.2, 0.25) is 0 Å². The molecule has 2 aromatic heterocycles. The lowest BCUT2D eigenvalue weighted by Crippen LogP contribution is -1.94. The van der Waals surface area contributed by atoms with E-state index in [9.17, 15) is 0 Å². The summed E-state index contributed by atoms with van der Waals surface area (Å²) in [5, 5.41) is 14.9. The number of fused-ring (bicyclic) bond motifs is 12. The standard InChI is InChI=1S/C70H44N2/c1-4-20-45(21-5-1)48-26-10-11-27-55(48)68-58-36-18-32-51(49-30-16-34-56-53(49)40-42-66-69(56)60-28-12-14-38-64(60)71(66)46-22-6-2-7-23-46)62(58)44-63-52(33-19-37-59(63)68)50-31-17-35-57-54(50)41-43-67-70(57)61-29-13-15-39-65(61)72(67)47-24-8-3-9-25-47/h1-44H. The zero-order valence-electron chi connectivity index (χ0n) is 39.3. The van der Waals surface area contributed by atoms with E-state index < -0.39 is 0 Å². The monoisotopic (exact) mass is 912 g/mol. The van der Waals surface area contributed by atoms with Gasteiger partial charge in [-0.1, -0.05) is 212 Å². The molecule has 334 valence electrons. The van der Waals surface area contributed by atoms with Crippen LogP contribution < -0.4 is 0 Å². The molecular weight excluding hydrogens is 869 g/mol. The van der Waals surface area contributed by atoms with Crippen molar-refractivity contribution in [3.8, 4) is 55.9 Å². The van der Waals surface area contributed by atoms with E-state index in [4.69, 9.17) is 0 Å². The third-order valence-electron chi connectivity index (χ3n) is 15.3. The minimum absolute atomic E-state index is 1.16. The second-order valence-corrected chi connectivity index (χ2v) is 19.1. The van der Waals surface area contributed by atoms with Gasteiger partial charge in [-0.2, -0.15) is 0 Å². The molecule has 0 amide bonds. The lowest BCUT2D eigenvalue weighted by Gasteiger charge is -2.20. The van der Waals surface area contributed by atoms with E-state index in [1.165, 1.54) is 131 Å². The Morgan fingerprint density at radius 1 is 0.194 bits per heavy atom. The Morgan fingerprint density at radius 3 is 1.04 bits per heavy atom. The van der Waals surface area contributed by atoms with E-state index in [2.05, 4.69) is 276 Å². The van der Waals surface area contributed by atoms with E-state index in [1.807, 2.05) is 0 Å². The fourth-order valence-corrected chi connectivity index (χ4v) is 12.3. The Labute approximate surface area is 416 Å². The van der Waals surface area contributed by atoms with Crippen LogP contribution in [0.25, 0.3) is 143 Å². The first-order valence-electron chi connectivity index (χ1n) is 24.9. The summed E-state index contributed by atoms with van der Waals surface area (Å²) in [7, 11) is 0. The van der Waals surface area contributed by atoms with Crippen LogP contribution >= 0.6 is 0 Å².